The molecule has 0 saturated heterocycles. The van der Waals surface area contributed by atoms with E-state index >= 15 is 0 Å². The summed E-state index contributed by atoms with van der Waals surface area (Å²) >= 11 is 1.42. The number of carboxylic acid groups (broad SMARTS) is 1. The van der Waals surface area contributed by atoms with Crippen molar-refractivity contribution < 1.29 is 9.90 Å². The summed E-state index contributed by atoms with van der Waals surface area (Å²) in [4.78, 5) is 14.8. The van der Waals surface area contributed by atoms with Gasteiger partial charge in [0.05, 0.1) is 17.8 Å². The molecule has 0 radical (unpaired) electrons. The zero-order valence-corrected chi connectivity index (χ0v) is 11.7. The number of hydrogen-bond donors (Lipinski definition) is 2. The first-order valence-electron chi connectivity index (χ1n) is 6.00. The van der Waals surface area contributed by atoms with Crippen molar-refractivity contribution in [3.05, 3.63) is 28.5 Å². The average molecular weight is 280 g/mol. The molecule has 0 bridgehead atoms. The summed E-state index contributed by atoms with van der Waals surface area (Å²) in [5, 5.41) is 18.8. The van der Waals surface area contributed by atoms with E-state index in [0.29, 0.717) is 12.2 Å². The highest BCUT2D eigenvalue weighted by molar-refractivity contribution is 7.13. The quantitative estimate of drug-likeness (QED) is 0.841. The Balaban J connectivity index is 1.98. The number of nitrogens with zero attached hydrogens (tertiary/aromatic N) is 3. The predicted molar refractivity (Wildman–Crippen MR) is 73.4 cm³/mol. The van der Waals surface area contributed by atoms with Crippen LogP contribution in [0.3, 0.4) is 0 Å². The second-order valence-electron chi connectivity index (χ2n) is 4.20. The third kappa shape index (κ3) is 3.54. The monoisotopic (exact) mass is 280 g/mol. The van der Waals surface area contributed by atoms with Gasteiger partial charge in [-0.05, 0) is 6.42 Å². The zero-order valence-electron chi connectivity index (χ0n) is 10.9. The summed E-state index contributed by atoms with van der Waals surface area (Å²) < 4.78 is 1.80. The van der Waals surface area contributed by atoms with Gasteiger partial charge in [-0.25, -0.2) is 4.98 Å². The van der Waals surface area contributed by atoms with Gasteiger partial charge in [-0.15, -0.1) is 11.3 Å². The Morgan fingerprint density at radius 2 is 2.37 bits per heavy atom. The third-order valence-electron chi connectivity index (χ3n) is 2.64. The molecule has 0 aromatic carbocycles. The Bertz CT molecular complexity index is 576. The molecule has 2 rings (SSSR count). The molecule has 0 spiro atoms. The molecule has 0 aliphatic heterocycles. The predicted octanol–water partition coefficient (Wildman–Crippen LogP) is 1.68. The van der Waals surface area contributed by atoms with Gasteiger partial charge in [0, 0.05) is 30.7 Å². The molecule has 0 saturated carbocycles. The van der Waals surface area contributed by atoms with Gasteiger partial charge in [-0.1, -0.05) is 6.92 Å². The van der Waals surface area contributed by atoms with Gasteiger partial charge >= 0.3 is 5.97 Å². The molecule has 2 heterocycles. The van der Waals surface area contributed by atoms with E-state index < -0.39 is 5.97 Å². The van der Waals surface area contributed by atoms with Crippen molar-refractivity contribution in [1.82, 2.24) is 14.8 Å². The number of aromatic nitrogens is 3. The molecule has 0 amide bonds. The third-order valence-corrected chi connectivity index (χ3v) is 3.49. The van der Waals surface area contributed by atoms with E-state index in [1.54, 1.807) is 10.1 Å². The summed E-state index contributed by atoms with van der Waals surface area (Å²) in [6, 6.07) is 0. The van der Waals surface area contributed by atoms with Crippen LogP contribution in [0, 0.1) is 0 Å². The lowest BCUT2D eigenvalue weighted by molar-refractivity contribution is -0.136. The van der Waals surface area contributed by atoms with Crippen LogP contribution >= 0.6 is 11.3 Å². The molecule has 0 aliphatic rings. The Labute approximate surface area is 115 Å². The van der Waals surface area contributed by atoms with Gasteiger partial charge in [-0.3, -0.25) is 9.48 Å². The van der Waals surface area contributed by atoms with Crippen LogP contribution in [0.25, 0.3) is 0 Å². The van der Waals surface area contributed by atoms with Crippen molar-refractivity contribution >= 4 is 22.4 Å². The molecule has 2 N–H and O–H groups in total. The van der Waals surface area contributed by atoms with Crippen molar-refractivity contribution in [3.63, 3.8) is 0 Å². The van der Waals surface area contributed by atoms with Gasteiger partial charge in [-0.2, -0.15) is 5.10 Å². The highest BCUT2D eigenvalue weighted by Gasteiger charge is 2.08. The standard InChI is InChI=1S/C12H16N4O2S/c1-3-10-8(6-16(2)15-10)5-13-12-14-9(7-19-12)4-11(17)18/h6-7H,3-5H2,1-2H3,(H,13,14)(H,17,18). The van der Waals surface area contributed by atoms with Crippen LogP contribution in [-0.2, 0) is 31.2 Å². The van der Waals surface area contributed by atoms with E-state index in [2.05, 4.69) is 22.3 Å². The van der Waals surface area contributed by atoms with Gasteiger partial charge in [0.1, 0.15) is 0 Å². The molecular weight excluding hydrogens is 264 g/mol. The molecule has 102 valence electrons. The summed E-state index contributed by atoms with van der Waals surface area (Å²) in [5.41, 5.74) is 2.79. The van der Waals surface area contributed by atoms with Gasteiger partial charge in [0.2, 0.25) is 0 Å². The summed E-state index contributed by atoms with van der Waals surface area (Å²) in [7, 11) is 1.90. The minimum Gasteiger partial charge on any atom is -0.481 e. The Morgan fingerprint density at radius 1 is 1.58 bits per heavy atom. The number of anilines is 1. The van der Waals surface area contributed by atoms with E-state index in [9.17, 15) is 4.79 Å². The SMILES string of the molecule is CCc1nn(C)cc1CNc1nc(CC(=O)O)cs1. The zero-order chi connectivity index (χ0) is 13.8. The topological polar surface area (TPSA) is 80.0 Å². The largest absolute Gasteiger partial charge is 0.481 e. The Morgan fingerprint density at radius 3 is 3.05 bits per heavy atom. The Kier molecular flexibility index (Phi) is 4.16. The maximum Gasteiger partial charge on any atom is 0.309 e. The fraction of sp³-hybridized carbons (Fsp3) is 0.417. The molecule has 0 fully saturated rings. The molecule has 7 heteroatoms. The van der Waals surface area contributed by atoms with Crippen LogP contribution in [0.5, 0.6) is 0 Å². The van der Waals surface area contributed by atoms with Crippen LogP contribution in [0.15, 0.2) is 11.6 Å². The number of thiazole rings is 1. The lowest BCUT2D eigenvalue weighted by Crippen LogP contribution is -2.03. The summed E-state index contributed by atoms with van der Waals surface area (Å²) in [6.07, 6.45) is 2.84. The van der Waals surface area contributed by atoms with E-state index in [1.165, 1.54) is 11.3 Å². The second-order valence-corrected chi connectivity index (χ2v) is 5.05. The molecule has 0 aliphatic carbocycles. The van der Waals surface area contributed by atoms with Crippen LogP contribution in [-0.4, -0.2) is 25.8 Å². The highest BCUT2D eigenvalue weighted by Crippen LogP contribution is 2.17. The lowest BCUT2D eigenvalue weighted by atomic mass is 10.2. The molecule has 0 unspecified atom stereocenters. The number of hydrogen-bond acceptors (Lipinski definition) is 5. The van der Waals surface area contributed by atoms with Crippen LogP contribution in [0.4, 0.5) is 5.13 Å². The molecule has 6 nitrogen and oxygen atoms in total. The van der Waals surface area contributed by atoms with Crippen molar-refractivity contribution in [3.8, 4) is 0 Å². The van der Waals surface area contributed by atoms with Gasteiger partial charge < -0.3 is 10.4 Å². The first kappa shape index (κ1) is 13.5. The van der Waals surface area contributed by atoms with E-state index in [4.69, 9.17) is 5.11 Å². The van der Waals surface area contributed by atoms with Crippen molar-refractivity contribution in [1.29, 1.82) is 0 Å². The van der Waals surface area contributed by atoms with E-state index in [1.807, 2.05) is 13.2 Å². The number of rotatable bonds is 6. The van der Waals surface area contributed by atoms with Crippen molar-refractivity contribution in [2.45, 2.75) is 26.3 Å². The number of carboxylic acids is 1. The average Bonchev–Trinajstić information content (AvgIpc) is 2.92. The minimum atomic E-state index is -0.864. The fourth-order valence-corrected chi connectivity index (χ4v) is 2.53. The van der Waals surface area contributed by atoms with Crippen molar-refractivity contribution in [2.24, 2.45) is 7.05 Å². The molecule has 19 heavy (non-hydrogen) atoms. The van der Waals surface area contributed by atoms with Gasteiger partial charge in [0.15, 0.2) is 5.13 Å². The van der Waals surface area contributed by atoms with Crippen molar-refractivity contribution in [2.75, 3.05) is 5.32 Å². The fourth-order valence-electron chi connectivity index (χ4n) is 1.82. The molecule has 2 aromatic heterocycles. The Hall–Kier alpha value is -1.89. The number of aryl methyl sites for hydroxylation is 2. The molecular formula is C12H16N4O2S. The number of carbonyl (C=O) groups is 1. The van der Waals surface area contributed by atoms with E-state index in [0.717, 1.165) is 22.8 Å². The van der Waals surface area contributed by atoms with Crippen LogP contribution in [0.2, 0.25) is 0 Å². The number of nitrogens with one attached hydrogen (secondary N) is 1. The minimum absolute atomic E-state index is 0.0364. The summed E-state index contributed by atoms with van der Waals surface area (Å²) in [5.74, 6) is -0.864. The molecule has 0 atom stereocenters. The maximum absolute atomic E-state index is 10.6. The van der Waals surface area contributed by atoms with E-state index in [-0.39, 0.29) is 6.42 Å². The second kappa shape index (κ2) is 5.83. The lowest BCUT2D eigenvalue weighted by Gasteiger charge is -2.01. The smallest absolute Gasteiger partial charge is 0.309 e. The highest BCUT2D eigenvalue weighted by atomic mass is 32.1. The van der Waals surface area contributed by atoms with Gasteiger partial charge in [0.25, 0.3) is 0 Å². The molecule has 2 aromatic rings. The summed E-state index contributed by atoms with van der Waals surface area (Å²) in [6.45, 7) is 2.72. The normalized spacial score (nSPS) is 10.6. The first-order chi connectivity index (χ1) is 9.08. The van der Waals surface area contributed by atoms with Crippen LogP contribution in [0.1, 0.15) is 23.9 Å². The first-order valence-corrected chi connectivity index (χ1v) is 6.88. The number of aliphatic carboxylic acids is 1. The maximum atomic E-state index is 10.6. The van der Waals surface area contributed by atoms with Crippen LogP contribution < -0.4 is 5.32 Å².